The molecule has 0 radical (unpaired) electrons. The quantitative estimate of drug-likeness (QED) is 0.206. The number of thiophene rings is 2. The van der Waals surface area contributed by atoms with Crippen LogP contribution in [0.3, 0.4) is 0 Å². The minimum Gasteiger partial charge on any atom is -0.464 e. The van der Waals surface area contributed by atoms with Gasteiger partial charge in [-0.3, -0.25) is 9.59 Å². The first-order chi connectivity index (χ1) is 19.8. The van der Waals surface area contributed by atoms with Crippen molar-refractivity contribution >= 4 is 56.0 Å². The van der Waals surface area contributed by atoms with Crippen LogP contribution in [0.15, 0.2) is 58.5 Å². The van der Waals surface area contributed by atoms with Crippen LogP contribution in [0.2, 0.25) is 0 Å². The number of nitrogens with zero attached hydrogens (tertiary/aromatic N) is 4. The molecule has 6 heterocycles. The van der Waals surface area contributed by atoms with Gasteiger partial charge in [-0.05, 0) is 35.7 Å². The summed E-state index contributed by atoms with van der Waals surface area (Å²) in [6.45, 7) is 0. The van der Waals surface area contributed by atoms with Crippen molar-refractivity contribution < 1.29 is 40.3 Å². The van der Waals surface area contributed by atoms with Crippen LogP contribution in [-0.4, -0.2) is 31.4 Å². The molecule has 0 atom stereocenters. The van der Waals surface area contributed by atoms with Gasteiger partial charge in [0.2, 0.25) is 0 Å². The number of alkyl halides is 6. The zero-order valence-electron chi connectivity index (χ0n) is 20.4. The summed E-state index contributed by atoms with van der Waals surface area (Å²) in [6.07, 6.45) is -8.52. The number of amides is 2. The van der Waals surface area contributed by atoms with Crippen molar-refractivity contribution in [2.45, 2.75) is 12.4 Å². The fourth-order valence-electron chi connectivity index (χ4n) is 4.18. The maximum atomic E-state index is 13.9. The van der Waals surface area contributed by atoms with Gasteiger partial charge in [-0.15, -0.1) is 22.7 Å². The molecular formula is C25H12F6N6O3S2. The zero-order valence-corrected chi connectivity index (χ0v) is 22.0. The van der Waals surface area contributed by atoms with Crippen molar-refractivity contribution in [2.75, 3.05) is 5.32 Å². The number of aromatic nitrogens is 4. The lowest BCUT2D eigenvalue weighted by Crippen LogP contribution is -2.18. The minimum atomic E-state index is -4.87. The van der Waals surface area contributed by atoms with Crippen molar-refractivity contribution in [3.05, 3.63) is 76.1 Å². The average molecular weight is 623 g/mol. The summed E-state index contributed by atoms with van der Waals surface area (Å²) in [4.78, 5) is 33.2. The lowest BCUT2D eigenvalue weighted by atomic mass is 10.1. The standard InChI is InChI=1S/C25H12F6N6O3S2/c26-24(27,28)15-7-10(13-3-1-5-40-13)18-19(20(21(32)38)42-23(18)34-15)35-22(39)12-9-17-33-11(14-4-2-6-41-14)8-16(25(29,30)31)37(17)36-12/h1-9H,(H2,32,38)(H,35,39). The number of hydrogen-bond acceptors (Lipinski definition) is 8. The molecule has 0 aliphatic rings. The van der Waals surface area contributed by atoms with Crippen molar-refractivity contribution in [3.8, 4) is 21.9 Å². The average Bonchev–Trinajstić information content (AvgIpc) is 3.72. The second-order valence-corrected chi connectivity index (χ2v) is 10.6. The van der Waals surface area contributed by atoms with Crippen LogP contribution in [0.5, 0.6) is 0 Å². The van der Waals surface area contributed by atoms with Crippen molar-refractivity contribution in [3.63, 3.8) is 0 Å². The molecule has 6 aromatic rings. The number of nitrogens with one attached hydrogen (secondary N) is 1. The molecule has 0 aliphatic heterocycles. The molecule has 2 amide bonds. The van der Waals surface area contributed by atoms with Crippen LogP contribution in [-0.2, 0) is 12.4 Å². The largest absolute Gasteiger partial charge is 0.464 e. The van der Waals surface area contributed by atoms with Crippen LogP contribution in [0.25, 0.3) is 37.8 Å². The first kappa shape index (κ1) is 27.4. The molecule has 0 saturated carbocycles. The molecule has 0 unspecified atom stereocenters. The van der Waals surface area contributed by atoms with E-state index >= 15 is 0 Å². The van der Waals surface area contributed by atoms with E-state index in [4.69, 9.17) is 10.2 Å². The number of halogens is 6. The van der Waals surface area contributed by atoms with Crippen molar-refractivity contribution in [1.82, 2.24) is 19.6 Å². The number of carbonyl (C=O) groups excluding carboxylic acids is 2. The molecule has 0 bridgehead atoms. The predicted octanol–water partition coefficient (Wildman–Crippen LogP) is 6.72. The monoisotopic (exact) mass is 622 g/mol. The Hall–Kier alpha value is -4.77. The Labute approximate surface area is 237 Å². The van der Waals surface area contributed by atoms with Crippen LogP contribution in [0.4, 0.5) is 32.0 Å². The van der Waals surface area contributed by atoms with E-state index in [1.165, 1.54) is 18.4 Å². The summed E-state index contributed by atoms with van der Waals surface area (Å²) < 4.78 is 88.4. The first-order valence-corrected chi connectivity index (χ1v) is 13.2. The van der Waals surface area contributed by atoms with Gasteiger partial charge in [0.15, 0.2) is 17.0 Å². The molecule has 0 saturated heterocycles. The number of primary amides is 1. The molecule has 6 rings (SSSR count). The van der Waals surface area contributed by atoms with Crippen molar-refractivity contribution in [2.24, 2.45) is 5.73 Å². The third-order valence-electron chi connectivity index (χ3n) is 5.93. The van der Waals surface area contributed by atoms with E-state index in [-0.39, 0.29) is 43.4 Å². The Morgan fingerprint density at radius 3 is 2.40 bits per heavy atom. The Morgan fingerprint density at radius 2 is 1.79 bits per heavy atom. The topological polar surface area (TPSA) is 128 Å². The summed E-state index contributed by atoms with van der Waals surface area (Å²) in [5.74, 6) is -2.22. The van der Waals surface area contributed by atoms with E-state index in [0.29, 0.717) is 26.8 Å². The maximum absolute atomic E-state index is 13.9. The molecule has 0 spiro atoms. The second-order valence-electron chi connectivity index (χ2n) is 8.64. The summed E-state index contributed by atoms with van der Waals surface area (Å²) in [6, 6.07) is 8.48. The molecule has 42 heavy (non-hydrogen) atoms. The Kier molecular flexibility index (Phi) is 6.30. The predicted molar refractivity (Wildman–Crippen MR) is 140 cm³/mol. The highest BCUT2D eigenvalue weighted by atomic mass is 32.1. The van der Waals surface area contributed by atoms with Gasteiger partial charge < -0.3 is 15.5 Å². The van der Waals surface area contributed by atoms with Gasteiger partial charge in [0.25, 0.3) is 11.8 Å². The van der Waals surface area contributed by atoms with E-state index in [9.17, 15) is 35.9 Å². The molecular weight excluding hydrogens is 610 g/mol. The minimum absolute atomic E-state index is 0.00570. The maximum Gasteiger partial charge on any atom is 0.433 e. The molecule has 0 aromatic carbocycles. The molecule has 17 heteroatoms. The van der Waals surface area contributed by atoms with E-state index < -0.39 is 41.2 Å². The number of furan rings is 1. The molecule has 0 aliphatic carbocycles. The molecule has 9 nitrogen and oxygen atoms in total. The summed E-state index contributed by atoms with van der Waals surface area (Å²) in [5.41, 5.74) is 1.71. The Morgan fingerprint density at radius 1 is 1.00 bits per heavy atom. The normalized spacial score (nSPS) is 12.3. The zero-order chi connectivity index (χ0) is 30.0. The van der Waals surface area contributed by atoms with Gasteiger partial charge in [0, 0.05) is 17.0 Å². The molecule has 6 aromatic heterocycles. The second kappa shape index (κ2) is 9.66. The van der Waals surface area contributed by atoms with Gasteiger partial charge in [0.05, 0.1) is 22.5 Å². The van der Waals surface area contributed by atoms with E-state index in [2.05, 4.69) is 20.4 Å². The molecule has 0 fully saturated rings. The van der Waals surface area contributed by atoms with Crippen LogP contribution < -0.4 is 11.1 Å². The summed E-state index contributed by atoms with van der Waals surface area (Å²) in [7, 11) is 0. The van der Waals surface area contributed by atoms with E-state index in [1.54, 1.807) is 17.5 Å². The SMILES string of the molecule is NC(=O)c1sc2nc(C(F)(F)F)cc(-c3ccco3)c2c1NC(=O)c1cc2nc(-c3cccs3)cc(C(F)(F)F)n2n1. The van der Waals surface area contributed by atoms with Gasteiger partial charge in [-0.25, -0.2) is 14.5 Å². The van der Waals surface area contributed by atoms with Crippen molar-refractivity contribution in [1.29, 1.82) is 0 Å². The van der Waals surface area contributed by atoms with Gasteiger partial charge in [-0.2, -0.15) is 31.4 Å². The van der Waals surface area contributed by atoms with Crippen LogP contribution in [0, 0.1) is 0 Å². The number of rotatable bonds is 5. The first-order valence-electron chi connectivity index (χ1n) is 11.5. The molecule has 214 valence electrons. The third kappa shape index (κ3) is 4.75. The highest BCUT2D eigenvalue weighted by Crippen LogP contribution is 2.44. The highest BCUT2D eigenvalue weighted by Gasteiger charge is 2.37. The van der Waals surface area contributed by atoms with E-state index in [0.717, 1.165) is 23.5 Å². The number of anilines is 1. The Balaban J connectivity index is 1.50. The summed E-state index contributed by atoms with van der Waals surface area (Å²) in [5, 5.41) is 7.73. The number of pyridine rings is 1. The fraction of sp³-hybridized carbons (Fsp3) is 0.0800. The molecule has 3 N–H and O–H groups in total. The summed E-state index contributed by atoms with van der Waals surface area (Å²) >= 11 is 1.66. The van der Waals surface area contributed by atoms with Gasteiger partial charge >= 0.3 is 12.4 Å². The number of carbonyl (C=O) groups is 2. The lowest BCUT2D eigenvalue weighted by Gasteiger charge is -2.11. The lowest BCUT2D eigenvalue weighted by molar-refractivity contribution is -0.143. The Bertz CT molecular complexity index is 1990. The van der Waals surface area contributed by atoms with Gasteiger partial charge in [-0.1, -0.05) is 6.07 Å². The highest BCUT2D eigenvalue weighted by molar-refractivity contribution is 7.21. The van der Waals surface area contributed by atoms with E-state index in [1.807, 2.05) is 0 Å². The van der Waals surface area contributed by atoms with Crippen LogP contribution in [0.1, 0.15) is 31.5 Å². The fourth-order valence-corrected chi connectivity index (χ4v) is 5.87. The van der Waals surface area contributed by atoms with Gasteiger partial charge in [0.1, 0.15) is 21.2 Å². The third-order valence-corrected chi connectivity index (χ3v) is 7.92. The van der Waals surface area contributed by atoms with Crippen LogP contribution >= 0.6 is 22.7 Å². The number of fused-ring (bicyclic) bond motifs is 2. The number of nitrogens with two attached hydrogens (primary N) is 1. The number of hydrogen-bond donors (Lipinski definition) is 2. The smallest absolute Gasteiger partial charge is 0.433 e.